The number of amides is 1. The van der Waals surface area contributed by atoms with Gasteiger partial charge in [0.25, 0.3) is 0 Å². The van der Waals surface area contributed by atoms with Gasteiger partial charge in [0.15, 0.2) is 5.82 Å². The number of carbonyl (C=O) groups is 1. The standard InChI is InChI=1S/C17H29N5O2/c1-21(2)14-8-10-22(11-14)12-16(23)18-9-7-15-19-17(24-20-15)13-5-3-4-6-13/h13-14H,3-12H2,1-2H3,(H,18,23)/t14-/m1/s1. The summed E-state index contributed by atoms with van der Waals surface area (Å²) in [5.41, 5.74) is 0. The summed E-state index contributed by atoms with van der Waals surface area (Å²) in [6.45, 7) is 3.00. The predicted octanol–water partition coefficient (Wildman–Crippen LogP) is 1.02. The molecule has 2 aliphatic rings. The summed E-state index contributed by atoms with van der Waals surface area (Å²) in [7, 11) is 4.19. The van der Waals surface area contributed by atoms with Crippen LogP contribution >= 0.6 is 0 Å². The van der Waals surface area contributed by atoms with Crippen molar-refractivity contribution in [1.29, 1.82) is 0 Å². The summed E-state index contributed by atoms with van der Waals surface area (Å²) in [6, 6.07) is 0.561. The number of nitrogens with one attached hydrogen (secondary N) is 1. The second kappa shape index (κ2) is 8.07. The van der Waals surface area contributed by atoms with Gasteiger partial charge in [0.2, 0.25) is 11.8 Å². The van der Waals surface area contributed by atoms with Gasteiger partial charge in [-0.05, 0) is 33.4 Å². The van der Waals surface area contributed by atoms with E-state index in [4.69, 9.17) is 4.52 Å². The third-order valence-electron chi connectivity index (χ3n) is 5.20. The highest BCUT2D eigenvalue weighted by Crippen LogP contribution is 2.32. The summed E-state index contributed by atoms with van der Waals surface area (Å²) < 4.78 is 5.36. The van der Waals surface area contributed by atoms with Crippen molar-refractivity contribution in [2.45, 2.75) is 50.5 Å². The Hall–Kier alpha value is -1.47. The SMILES string of the molecule is CN(C)[C@@H]1CCN(CC(=O)NCCc2noc(C3CCCC3)n2)C1. The lowest BCUT2D eigenvalue weighted by atomic mass is 10.1. The number of aromatic nitrogens is 2. The van der Waals surface area contributed by atoms with Crippen molar-refractivity contribution in [1.82, 2.24) is 25.3 Å². The molecule has 1 aromatic rings. The van der Waals surface area contributed by atoms with Gasteiger partial charge in [0.1, 0.15) is 0 Å². The average molecular weight is 335 g/mol. The van der Waals surface area contributed by atoms with E-state index in [1.54, 1.807) is 0 Å². The van der Waals surface area contributed by atoms with Gasteiger partial charge in [-0.2, -0.15) is 4.98 Å². The second-order valence-corrected chi connectivity index (χ2v) is 7.27. The summed E-state index contributed by atoms with van der Waals surface area (Å²) >= 11 is 0. The number of rotatable bonds is 7. The molecule has 1 N–H and O–H groups in total. The van der Waals surface area contributed by atoms with Crippen LogP contribution < -0.4 is 5.32 Å². The molecule has 1 saturated heterocycles. The first-order chi connectivity index (χ1) is 11.6. The molecule has 2 heterocycles. The van der Waals surface area contributed by atoms with Crippen LogP contribution in [0, 0.1) is 0 Å². The van der Waals surface area contributed by atoms with E-state index in [9.17, 15) is 4.79 Å². The maximum atomic E-state index is 12.0. The Kier molecular flexibility index (Phi) is 5.84. The molecule has 2 fully saturated rings. The number of likely N-dealkylation sites (tertiary alicyclic amines) is 1. The summed E-state index contributed by atoms with van der Waals surface area (Å²) in [4.78, 5) is 21.0. The molecule has 0 aromatic carbocycles. The first kappa shape index (κ1) is 17.4. The van der Waals surface area contributed by atoms with Gasteiger partial charge in [0.05, 0.1) is 6.54 Å². The molecule has 7 heteroatoms. The van der Waals surface area contributed by atoms with Crippen LogP contribution in [0.4, 0.5) is 0 Å². The first-order valence-corrected chi connectivity index (χ1v) is 9.10. The van der Waals surface area contributed by atoms with Crippen molar-refractivity contribution in [3.63, 3.8) is 0 Å². The molecule has 1 aliphatic heterocycles. The Morgan fingerprint density at radius 1 is 1.33 bits per heavy atom. The minimum absolute atomic E-state index is 0.0777. The van der Waals surface area contributed by atoms with E-state index < -0.39 is 0 Å². The molecule has 0 spiro atoms. The number of hydrogen-bond acceptors (Lipinski definition) is 6. The van der Waals surface area contributed by atoms with Crippen molar-refractivity contribution in [2.75, 3.05) is 40.3 Å². The van der Waals surface area contributed by atoms with E-state index in [2.05, 4.69) is 39.4 Å². The van der Waals surface area contributed by atoms with Crippen LogP contribution in [0.15, 0.2) is 4.52 Å². The molecule has 1 atom stereocenters. The lowest BCUT2D eigenvalue weighted by Gasteiger charge is -2.19. The van der Waals surface area contributed by atoms with Gasteiger partial charge in [0, 0.05) is 38.0 Å². The number of carbonyl (C=O) groups excluding carboxylic acids is 1. The van der Waals surface area contributed by atoms with Crippen LogP contribution in [-0.2, 0) is 11.2 Å². The lowest BCUT2D eigenvalue weighted by molar-refractivity contribution is -0.122. The fraction of sp³-hybridized carbons (Fsp3) is 0.824. The molecule has 3 rings (SSSR count). The van der Waals surface area contributed by atoms with Crippen molar-refractivity contribution in [3.8, 4) is 0 Å². The van der Waals surface area contributed by atoms with Gasteiger partial charge < -0.3 is 14.7 Å². The van der Waals surface area contributed by atoms with Crippen LogP contribution in [0.25, 0.3) is 0 Å². The zero-order valence-corrected chi connectivity index (χ0v) is 14.8. The first-order valence-electron chi connectivity index (χ1n) is 9.10. The Labute approximate surface area is 143 Å². The van der Waals surface area contributed by atoms with Crippen LogP contribution in [0.2, 0.25) is 0 Å². The highest BCUT2D eigenvalue weighted by atomic mass is 16.5. The zero-order valence-electron chi connectivity index (χ0n) is 14.8. The quantitative estimate of drug-likeness (QED) is 0.802. The fourth-order valence-corrected chi connectivity index (χ4v) is 3.66. The minimum atomic E-state index is 0.0777. The summed E-state index contributed by atoms with van der Waals surface area (Å²) in [5.74, 6) is 2.00. The molecule has 7 nitrogen and oxygen atoms in total. The van der Waals surface area contributed by atoms with E-state index in [1.165, 1.54) is 12.8 Å². The van der Waals surface area contributed by atoms with Gasteiger partial charge in [-0.3, -0.25) is 9.69 Å². The summed E-state index contributed by atoms with van der Waals surface area (Å²) in [6.07, 6.45) is 6.58. The molecule has 1 saturated carbocycles. The van der Waals surface area contributed by atoms with E-state index >= 15 is 0 Å². The van der Waals surface area contributed by atoms with Crippen molar-refractivity contribution < 1.29 is 9.32 Å². The van der Waals surface area contributed by atoms with Crippen molar-refractivity contribution in [2.24, 2.45) is 0 Å². The van der Waals surface area contributed by atoms with Crippen molar-refractivity contribution in [3.05, 3.63) is 11.7 Å². The molecule has 134 valence electrons. The van der Waals surface area contributed by atoms with Crippen molar-refractivity contribution >= 4 is 5.91 Å². The molecule has 1 aromatic heterocycles. The lowest BCUT2D eigenvalue weighted by Crippen LogP contribution is -2.38. The van der Waals surface area contributed by atoms with E-state index in [1.807, 2.05) is 0 Å². The van der Waals surface area contributed by atoms with Gasteiger partial charge in [-0.25, -0.2) is 0 Å². The van der Waals surface area contributed by atoms with Crippen LogP contribution in [0.3, 0.4) is 0 Å². The van der Waals surface area contributed by atoms with E-state index in [0.717, 1.165) is 38.2 Å². The van der Waals surface area contributed by atoms with E-state index in [0.29, 0.717) is 37.3 Å². The van der Waals surface area contributed by atoms with Gasteiger partial charge in [-0.15, -0.1) is 0 Å². The molecular formula is C17H29N5O2. The topological polar surface area (TPSA) is 74.5 Å². The second-order valence-electron chi connectivity index (χ2n) is 7.27. The number of likely N-dealkylation sites (N-methyl/N-ethyl adjacent to an activating group) is 1. The maximum absolute atomic E-state index is 12.0. The van der Waals surface area contributed by atoms with Crippen LogP contribution in [0.1, 0.15) is 49.7 Å². The molecule has 1 aliphatic carbocycles. The molecule has 0 unspecified atom stereocenters. The van der Waals surface area contributed by atoms with Crippen LogP contribution in [0.5, 0.6) is 0 Å². The van der Waals surface area contributed by atoms with Gasteiger partial charge >= 0.3 is 0 Å². The zero-order chi connectivity index (χ0) is 16.9. The highest BCUT2D eigenvalue weighted by molar-refractivity contribution is 5.78. The van der Waals surface area contributed by atoms with Crippen LogP contribution in [-0.4, -0.2) is 72.2 Å². The minimum Gasteiger partial charge on any atom is -0.355 e. The average Bonchev–Trinajstić information content (AvgIpc) is 3.28. The highest BCUT2D eigenvalue weighted by Gasteiger charge is 2.25. The Bertz CT molecular complexity index is 539. The monoisotopic (exact) mass is 335 g/mol. The Morgan fingerprint density at radius 2 is 2.12 bits per heavy atom. The summed E-state index contributed by atoms with van der Waals surface area (Å²) in [5, 5.41) is 7.00. The molecule has 0 radical (unpaired) electrons. The molecule has 0 bridgehead atoms. The third kappa shape index (κ3) is 4.54. The fourth-order valence-electron chi connectivity index (χ4n) is 3.66. The smallest absolute Gasteiger partial charge is 0.234 e. The normalized spacial score (nSPS) is 22.5. The molecule has 24 heavy (non-hydrogen) atoms. The number of nitrogens with zero attached hydrogens (tertiary/aromatic N) is 4. The largest absolute Gasteiger partial charge is 0.355 e. The number of hydrogen-bond donors (Lipinski definition) is 1. The van der Waals surface area contributed by atoms with E-state index in [-0.39, 0.29) is 5.91 Å². The predicted molar refractivity (Wildman–Crippen MR) is 90.8 cm³/mol. The molecule has 1 amide bonds. The maximum Gasteiger partial charge on any atom is 0.234 e. The Morgan fingerprint density at radius 3 is 2.83 bits per heavy atom. The third-order valence-corrected chi connectivity index (χ3v) is 5.20. The Balaban J connectivity index is 1.35. The molecular weight excluding hydrogens is 306 g/mol. The van der Waals surface area contributed by atoms with Gasteiger partial charge in [-0.1, -0.05) is 18.0 Å².